The molecule has 0 spiro atoms. The van der Waals surface area contributed by atoms with Gasteiger partial charge in [-0.15, -0.1) is 0 Å². The van der Waals surface area contributed by atoms with Gasteiger partial charge < -0.3 is 16.4 Å². The van der Waals surface area contributed by atoms with Gasteiger partial charge in [-0.05, 0) is 63.1 Å². The molecule has 4 nitrogen and oxygen atoms in total. The standard InChI is InChI=1S/C15H29N3O/c1-14(2)7-10-18(11-8-14)9-5-12-4-3-6-15(12,17)13(16)19/h12H,3-11,17H2,1-2H3,(H2,16,19). The van der Waals surface area contributed by atoms with Crippen molar-refractivity contribution >= 4 is 5.91 Å². The summed E-state index contributed by atoms with van der Waals surface area (Å²) in [6, 6.07) is 0. The highest BCUT2D eigenvalue weighted by Gasteiger charge is 2.44. The Labute approximate surface area is 116 Å². The molecule has 2 rings (SSSR count). The van der Waals surface area contributed by atoms with Crippen LogP contribution < -0.4 is 11.5 Å². The van der Waals surface area contributed by atoms with Crippen LogP contribution in [0, 0.1) is 11.3 Å². The van der Waals surface area contributed by atoms with Crippen molar-refractivity contribution < 1.29 is 4.79 Å². The lowest BCUT2D eigenvalue weighted by Gasteiger charge is -2.38. The second-order valence-corrected chi connectivity index (χ2v) is 7.29. The molecule has 19 heavy (non-hydrogen) atoms. The molecule has 1 amide bonds. The zero-order valence-corrected chi connectivity index (χ0v) is 12.5. The Morgan fingerprint density at radius 1 is 1.26 bits per heavy atom. The third-order valence-electron chi connectivity index (χ3n) is 5.33. The maximum absolute atomic E-state index is 11.6. The Morgan fingerprint density at radius 2 is 1.89 bits per heavy atom. The molecule has 2 atom stereocenters. The first kappa shape index (κ1) is 14.8. The number of nitrogens with two attached hydrogens (primary N) is 2. The van der Waals surface area contributed by atoms with E-state index >= 15 is 0 Å². The minimum Gasteiger partial charge on any atom is -0.368 e. The van der Waals surface area contributed by atoms with Crippen LogP contribution in [0.1, 0.15) is 52.4 Å². The molecule has 1 heterocycles. The van der Waals surface area contributed by atoms with Crippen LogP contribution in [-0.4, -0.2) is 36.0 Å². The molecule has 1 saturated carbocycles. The molecule has 0 bridgehead atoms. The van der Waals surface area contributed by atoms with Gasteiger partial charge in [-0.3, -0.25) is 4.79 Å². The lowest BCUT2D eigenvalue weighted by atomic mass is 9.82. The van der Waals surface area contributed by atoms with E-state index in [0.29, 0.717) is 5.41 Å². The Balaban J connectivity index is 1.81. The van der Waals surface area contributed by atoms with Crippen molar-refractivity contribution in [1.82, 2.24) is 4.90 Å². The average molecular weight is 267 g/mol. The van der Waals surface area contributed by atoms with Crippen molar-refractivity contribution in [3.63, 3.8) is 0 Å². The van der Waals surface area contributed by atoms with Gasteiger partial charge >= 0.3 is 0 Å². The van der Waals surface area contributed by atoms with Crippen LogP contribution in [0.2, 0.25) is 0 Å². The molecule has 4 heteroatoms. The van der Waals surface area contributed by atoms with E-state index in [4.69, 9.17) is 11.5 Å². The van der Waals surface area contributed by atoms with Crippen molar-refractivity contribution in [3.05, 3.63) is 0 Å². The number of rotatable bonds is 4. The van der Waals surface area contributed by atoms with Gasteiger partial charge in [-0.2, -0.15) is 0 Å². The number of piperidine rings is 1. The summed E-state index contributed by atoms with van der Waals surface area (Å²) in [5, 5.41) is 0. The molecule has 2 unspecified atom stereocenters. The Bertz CT molecular complexity index is 332. The van der Waals surface area contributed by atoms with E-state index in [1.807, 2.05) is 0 Å². The molecule has 4 N–H and O–H groups in total. The van der Waals surface area contributed by atoms with Crippen molar-refractivity contribution in [2.24, 2.45) is 22.8 Å². The van der Waals surface area contributed by atoms with Crippen LogP contribution in [0.25, 0.3) is 0 Å². The number of likely N-dealkylation sites (tertiary alicyclic amines) is 1. The highest BCUT2D eigenvalue weighted by molar-refractivity contribution is 5.85. The third-order valence-corrected chi connectivity index (χ3v) is 5.33. The van der Waals surface area contributed by atoms with E-state index < -0.39 is 5.54 Å². The van der Waals surface area contributed by atoms with E-state index in [0.717, 1.165) is 32.2 Å². The van der Waals surface area contributed by atoms with Crippen molar-refractivity contribution in [1.29, 1.82) is 0 Å². The summed E-state index contributed by atoms with van der Waals surface area (Å²) >= 11 is 0. The van der Waals surface area contributed by atoms with Crippen LogP contribution in [0.3, 0.4) is 0 Å². The largest absolute Gasteiger partial charge is 0.368 e. The summed E-state index contributed by atoms with van der Waals surface area (Å²) in [5.74, 6) is -0.0327. The molecule has 110 valence electrons. The highest BCUT2D eigenvalue weighted by atomic mass is 16.1. The van der Waals surface area contributed by atoms with E-state index in [9.17, 15) is 4.79 Å². The molecule has 0 aromatic rings. The molecule has 0 radical (unpaired) electrons. The molecule has 2 fully saturated rings. The molecule has 1 saturated heterocycles. The van der Waals surface area contributed by atoms with Crippen molar-refractivity contribution in [3.8, 4) is 0 Å². The second kappa shape index (κ2) is 5.41. The Morgan fingerprint density at radius 3 is 2.47 bits per heavy atom. The number of amides is 1. The Kier molecular flexibility index (Phi) is 4.21. The number of nitrogens with zero attached hydrogens (tertiary/aromatic N) is 1. The minimum atomic E-state index is -0.741. The van der Waals surface area contributed by atoms with E-state index in [1.165, 1.54) is 25.9 Å². The summed E-state index contributed by atoms with van der Waals surface area (Å²) in [6.45, 7) is 8.10. The molecule has 1 aliphatic heterocycles. The number of carbonyl (C=O) groups is 1. The first-order chi connectivity index (χ1) is 8.83. The fourth-order valence-electron chi connectivity index (χ4n) is 3.55. The normalized spacial score (nSPS) is 35.4. The summed E-state index contributed by atoms with van der Waals surface area (Å²) in [6.07, 6.45) is 6.40. The van der Waals surface area contributed by atoms with E-state index in [1.54, 1.807) is 0 Å². The van der Waals surface area contributed by atoms with Gasteiger partial charge in [0.25, 0.3) is 0 Å². The SMILES string of the molecule is CC1(C)CCN(CCC2CCCC2(N)C(N)=O)CC1. The summed E-state index contributed by atoms with van der Waals surface area (Å²) < 4.78 is 0. The molecular formula is C15H29N3O. The smallest absolute Gasteiger partial charge is 0.237 e. The topological polar surface area (TPSA) is 72.3 Å². The maximum atomic E-state index is 11.6. The van der Waals surface area contributed by atoms with Crippen molar-refractivity contribution in [2.45, 2.75) is 57.9 Å². The second-order valence-electron chi connectivity index (χ2n) is 7.29. The first-order valence-electron chi connectivity index (χ1n) is 7.65. The first-order valence-corrected chi connectivity index (χ1v) is 7.65. The van der Waals surface area contributed by atoms with Gasteiger partial charge in [0.15, 0.2) is 0 Å². The van der Waals surface area contributed by atoms with Gasteiger partial charge in [0.1, 0.15) is 0 Å². The molecule has 2 aliphatic rings. The van der Waals surface area contributed by atoms with Crippen molar-refractivity contribution in [2.75, 3.05) is 19.6 Å². The zero-order valence-electron chi connectivity index (χ0n) is 12.5. The highest BCUT2D eigenvalue weighted by Crippen LogP contribution is 2.36. The monoisotopic (exact) mass is 267 g/mol. The predicted molar refractivity (Wildman–Crippen MR) is 77.5 cm³/mol. The molecular weight excluding hydrogens is 238 g/mol. The lowest BCUT2D eigenvalue weighted by Crippen LogP contribution is -2.55. The minimum absolute atomic E-state index is 0.278. The summed E-state index contributed by atoms with van der Waals surface area (Å²) in [7, 11) is 0. The van der Waals surface area contributed by atoms with Crippen LogP contribution >= 0.6 is 0 Å². The van der Waals surface area contributed by atoms with Gasteiger partial charge in [-0.1, -0.05) is 20.3 Å². The van der Waals surface area contributed by atoms with Gasteiger partial charge in [-0.25, -0.2) is 0 Å². The molecule has 0 aromatic carbocycles. The number of hydrogen-bond acceptors (Lipinski definition) is 3. The zero-order chi connectivity index (χ0) is 14.1. The van der Waals surface area contributed by atoms with Gasteiger partial charge in [0.2, 0.25) is 5.91 Å². The summed E-state index contributed by atoms with van der Waals surface area (Å²) in [4.78, 5) is 14.1. The van der Waals surface area contributed by atoms with Crippen LogP contribution in [0.4, 0.5) is 0 Å². The number of primary amides is 1. The lowest BCUT2D eigenvalue weighted by molar-refractivity contribution is -0.124. The van der Waals surface area contributed by atoms with Gasteiger partial charge in [0.05, 0.1) is 5.54 Å². The summed E-state index contributed by atoms with van der Waals surface area (Å²) in [5.41, 5.74) is 11.5. The van der Waals surface area contributed by atoms with Crippen LogP contribution in [0.5, 0.6) is 0 Å². The van der Waals surface area contributed by atoms with Crippen LogP contribution in [-0.2, 0) is 4.79 Å². The van der Waals surface area contributed by atoms with E-state index in [-0.39, 0.29) is 11.8 Å². The fraction of sp³-hybridized carbons (Fsp3) is 0.933. The predicted octanol–water partition coefficient (Wildman–Crippen LogP) is 1.48. The number of hydrogen-bond donors (Lipinski definition) is 2. The fourth-order valence-corrected chi connectivity index (χ4v) is 3.55. The van der Waals surface area contributed by atoms with Crippen LogP contribution in [0.15, 0.2) is 0 Å². The van der Waals surface area contributed by atoms with E-state index in [2.05, 4.69) is 18.7 Å². The maximum Gasteiger partial charge on any atom is 0.237 e. The number of carbonyl (C=O) groups excluding carboxylic acids is 1. The quantitative estimate of drug-likeness (QED) is 0.810. The molecule has 1 aliphatic carbocycles. The Hall–Kier alpha value is -0.610. The average Bonchev–Trinajstić information content (AvgIpc) is 2.71. The third kappa shape index (κ3) is 3.29. The molecule has 0 aromatic heterocycles. The van der Waals surface area contributed by atoms with Gasteiger partial charge in [0, 0.05) is 0 Å².